The monoisotopic (exact) mass is 507 g/mol. The number of aryl methyl sites for hydroxylation is 1. The van der Waals surface area contributed by atoms with Crippen LogP contribution in [-0.4, -0.2) is 39.1 Å². The molecule has 0 spiro atoms. The number of hydrogen-bond acceptors (Lipinski definition) is 6. The lowest BCUT2D eigenvalue weighted by Gasteiger charge is -2.37. The number of nitrogen functional groups attached to an aromatic ring is 1. The minimum absolute atomic E-state index is 0.0524. The van der Waals surface area contributed by atoms with E-state index in [-0.39, 0.29) is 34.2 Å². The van der Waals surface area contributed by atoms with Crippen molar-refractivity contribution in [3.8, 4) is 11.3 Å². The van der Waals surface area contributed by atoms with Crippen LogP contribution in [0.2, 0.25) is 0 Å². The third-order valence-electron chi connectivity index (χ3n) is 7.00. The molecule has 3 rings (SSSR count). The first-order chi connectivity index (χ1) is 16.6. The Bertz CT molecular complexity index is 1150. The van der Waals surface area contributed by atoms with E-state index in [2.05, 4.69) is 36.1 Å². The fourth-order valence-electron chi connectivity index (χ4n) is 4.62. The first-order valence-electron chi connectivity index (χ1n) is 11.7. The number of nitrogens with zero attached hydrogens (tertiary/aromatic N) is 2. The second-order valence-electron chi connectivity index (χ2n) is 10.5. The highest BCUT2D eigenvalue weighted by atomic mass is 19.4. The van der Waals surface area contributed by atoms with Gasteiger partial charge in [0, 0.05) is 17.2 Å². The fraction of sp³-hybridized carbons (Fsp3) is 0.520. The third-order valence-corrected chi connectivity index (χ3v) is 7.00. The van der Waals surface area contributed by atoms with E-state index in [1.165, 1.54) is 12.3 Å². The van der Waals surface area contributed by atoms with Crippen molar-refractivity contribution in [1.29, 1.82) is 0 Å². The minimum atomic E-state index is -5.35. The number of rotatable bonds is 5. The van der Waals surface area contributed by atoms with E-state index < -0.39 is 29.2 Å². The largest absolute Gasteiger partial charge is 0.430 e. The number of halogens is 3. The summed E-state index contributed by atoms with van der Waals surface area (Å²) in [5, 5.41) is 13.1. The molecule has 1 aliphatic rings. The van der Waals surface area contributed by atoms with Crippen molar-refractivity contribution >= 4 is 17.6 Å². The van der Waals surface area contributed by atoms with Crippen molar-refractivity contribution in [2.75, 3.05) is 5.73 Å². The van der Waals surface area contributed by atoms with E-state index in [0.717, 1.165) is 37.8 Å². The van der Waals surface area contributed by atoms with Crippen LogP contribution < -0.4 is 16.8 Å². The number of carbonyl (C=O) groups is 2. The number of primary amides is 1. The Morgan fingerprint density at radius 3 is 2.25 bits per heavy atom. The van der Waals surface area contributed by atoms with Gasteiger partial charge in [0.15, 0.2) is 11.5 Å². The molecule has 2 amide bonds. The maximum absolute atomic E-state index is 13.6. The van der Waals surface area contributed by atoms with Crippen molar-refractivity contribution in [2.45, 2.75) is 71.2 Å². The van der Waals surface area contributed by atoms with Gasteiger partial charge in [-0.1, -0.05) is 32.9 Å². The molecule has 1 aromatic heterocycles. The van der Waals surface area contributed by atoms with Crippen LogP contribution in [0, 0.1) is 18.3 Å². The number of benzene rings is 1. The Morgan fingerprint density at radius 1 is 1.11 bits per heavy atom. The number of nitrogens with one attached hydrogen (secondary N) is 1. The molecular formula is C25H32F3N5O3. The van der Waals surface area contributed by atoms with Crippen molar-refractivity contribution in [3.63, 3.8) is 0 Å². The summed E-state index contributed by atoms with van der Waals surface area (Å²) < 4.78 is 40.7. The molecule has 1 unspecified atom stereocenters. The van der Waals surface area contributed by atoms with Crippen molar-refractivity contribution in [3.05, 3.63) is 41.2 Å². The highest BCUT2D eigenvalue weighted by molar-refractivity contribution is 5.97. The van der Waals surface area contributed by atoms with E-state index in [9.17, 15) is 27.9 Å². The number of carbonyl (C=O) groups excluding carboxylic acids is 2. The summed E-state index contributed by atoms with van der Waals surface area (Å²) in [5.41, 5.74) is 6.83. The van der Waals surface area contributed by atoms with Crippen molar-refractivity contribution in [1.82, 2.24) is 15.3 Å². The van der Waals surface area contributed by atoms with Gasteiger partial charge in [-0.25, -0.2) is 9.97 Å². The number of hydrogen-bond donors (Lipinski definition) is 4. The zero-order chi connectivity index (χ0) is 27.1. The van der Waals surface area contributed by atoms with Gasteiger partial charge in [-0.2, -0.15) is 13.2 Å². The van der Waals surface area contributed by atoms with E-state index in [1.807, 2.05) is 0 Å². The molecule has 1 saturated carbocycles. The average Bonchev–Trinajstić information content (AvgIpc) is 2.78. The molecule has 11 heteroatoms. The Morgan fingerprint density at radius 2 is 1.72 bits per heavy atom. The summed E-state index contributed by atoms with van der Waals surface area (Å²) in [6.45, 7) is 8.21. The zero-order valence-corrected chi connectivity index (χ0v) is 20.7. The molecule has 0 radical (unpaired) electrons. The molecule has 1 fully saturated rings. The quantitative estimate of drug-likeness (QED) is 0.487. The summed E-state index contributed by atoms with van der Waals surface area (Å²) in [7, 11) is 0. The summed E-state index contributed by atoms with van der Waals surface area (Å²) in [6.07, 6.45) is -0.567. The third kappa shape index (κ3) is 5.30. The molecule has 0 aliphatic heterocycles. The fourth-order valence-corrected chi connectivity index (χ4v) is 4.62. The Kier molecular flexibility index (Phi) is 7.36. The second kappa shape index (κ2) is 9.68. The number of anilines is 1. The number of aliphatic hydroxyl groups is 1. The standard InChI is InChI=1S/C25H32F3N5O3/c1-13-5-6-15(24(36,22(30)35)25(26,27)28)11-17(13)18-12-31-20(29)19(33-18)21(34)32-16-9-7-14(8-10-16)23(2,3)4/h5-6,11-12,14,16,36H,7-10H2,1-4H3,(H2,29,31)(H2,30,35)(H,32,34). The number of aromatic nitrogens is 2. The lowest BCUT2D eigenvalue weighted by Crippen LogP contribution is -2.52. The first kappa shape index (κ1) is 27.4. The molecule has 8 nitrogen and oxygen atoms in total. The molecule has 1 aliphatic carbocycles. The maximum Gasteiger partial charge on any atom is 0.430 e. The second-order valence-corrected chi connectivity index (χ2v) is 10.5. The first-order valence-corrected chi connectivity index (χ1v) is 11.7. The molecule has 196 valence electrons. The Balaban J connectivity index is 1.90. The molecule has 0 saturated heterocycles. The van der Waals surface area contributed by atoms with Crippen molar-refractivity contribution < 1.29 is 27.9 Å². The van der Waals surface area contributed by atoms with Crippen LogP contribution >= 0.6 is 0 Å². The average molecular weight is 508 g/mol. The smallest absolute Gasteiger partial charge is 0.382 e. The molecule has 2 aromatic rings. The minimum Gasteiger partial charge on any atom is -0.382 e. The van der Waals surface area contributed by atoms with Gasteiger partial charge in [-0.3, -0.25) is 9.59 Å². The van der Waals surface area contributed by atoms with Gasteiger partial charge in [-0.15, -0.1) is 0 Å². The molecule has 36 heavy (non-hydrogen) atoms. The van der Waals surface area contributed by atoms with Crippen LogP contribution in [0.25, 0.3) is 11.3 Å². The number of amides is 2. The lowest BCUT2D eigenvalue weighted by molar-refractivity contribution is -0.255. The predicted molar refractivity (Wildman–Crippen MR) is 128 cm³/mol. The molecular weight excluding hydrogens is 475 g/mol. The lowest BCUT2D eigenvalue weighted by atomic mass is 9.71. The molecule has 0 bridgehead atoms. The van der Waals surface area contributed by atoms with Gasteiger partial charge < -0.3 is 21.9 Å². The topological polar surface area (TPSA) is 144 Å². The Hall–Kier alpha value is -3.21. The van der Waals surface area contributed by atoms with Crippen LogP contribution in [0.1, 0.15) is 68.1 Å². The molecule has 1 aromatic carbocycles. The van der Waals surface area contributed by atoms with Gasteiger partial charge in [-0.05, 0) is 55.6 Å². The zero-order valence-electron chi connectivity index (χ0n) is 20.7. The van der Waals surface area contributed by atoms with Gasteiger partial charge in [0.2, 0.25) is 0 Å². The van der Waals surface area contributed by atoms with Crippen LogP contribution in [0.5, 0.6) is 0 Å². The molecule has 1 heterocycles. The Labute approximate surface area is 207 Å². The predicted octanol–water partition coefficient (Wildman–Crippen LogP) is 3.60. The van der Waals surface area contributed by atoms with E-state index in [1.54, 1.807) is 6.92 Å². The van der Waals surface area contributed by atoms with Crippen LogP contribution in [0.4, 0.5) is 19.0 Å². The van der Waals surface area contributed by atoms with E-state index in [0.29, 0.717) is 11.5 Å². The summed E-state index contributed by atoms with van der Waals surface area (Å²) >= 11 is 0. The highest BCUT2D eigenvalue weighted by Crippen LogP contribution is 2.41. The normalized spacial score (nSPS) is 20.4. The van der Waals surface area contributed by atoms with Crippen LogP contribution in [0.15, 0.2) is 24.4 Å². The molecule has 1 atom stereocenters. The molecule has 6 N–H and O–H groups in total. The van der Waals surface area contributed by atoms with Gasteiger partial charge >= 0.3 is 6.18 Å². The number of alkyl halides is 3. The maximum atomic E-state index is 13.6. The number of nitrogens with two attached hydrogens (primary N) is 2. The van der Waals surface area contributed by atoms with Crippen LogP contribution in [0.3, 0.4) is 0 Å². The van der Waals surface area contributed by atoms with E-state index >= 15 is 0 Å². The van der Waals surface area contributed by atoms with Gasteiger partial charge in [0.1, 0.15) is 0 Å². The SMILES string of the molecule is Cc1ccc(C(O)(C(N)=O)C(F)(F)F)cc1-c1cnc(N)c(C(=O)NC2CCC(C(C)(C)C)CC2)n1. The van der Waals surface area contributed by atoms with Crippen LogP contribution in [-0.2, 0) is 10.4 Å². The van der Waals surface area contributed by atoms with Gasteiger partial charge in [0.25, 0.3) is 17.4 Å². The van der Waals surface area contributed by atoms with E-state index in [4.69, 9.17) is 11.5 Å². The summed E-state index contributed by atoms with van der Waals surface area (Å²) in [6, 6.07) is 3.16. The van der Waals surface area contributed by atoms with Crippen molar-refractivity contribution in [2.24, 2.45) is 17.1 Å². The summed E-state index contributed by atoms with van der Waals surface area (Å²) in [4.78, 5) is 32.9. The van der Waals surface area contributed by atoms with Gasteiger partial charge in [0.05, 0.1) is 11.9 Å². The summed E-state index contributed by atoms with van der Waals surface area (Å²) in [5.74, 6) is -2.06. The highest BCUT2D eigenvalue weighted by Gasteiger charge is 2.60.